The standard InChI is InChI=1S/C18H20N2O2S/c1-12-9-10-15(17(21)22-3)11-16(12)20-18(23)19-13(2)14-7-5-4-6-8-14/h4-11,13H,1-3H3,(H2,19,20,23)/t13-/m1/s1. The summed E-state index contributed by atoms with van der Waals surface area (Å²) in [6.45, 7) is 3.99. The molecule has 4 nitrogen and oxygen atoms in total. The molecule has 0 aliphatic carbocycles. The van der Waals surface area contributed by atoms with Gasteiger partial charge in [0.2, 0.25) is 0 Å². The number of ether oxygens (including phenoxy) is 1. The first-order chi connectivity index (χ1) is 11.0. The van der Waals surface area contributed by atoms with Gasteiger partial charge in [-0.05, 0) is 49.3 Å². The van der Waals surface area contributed by atoms with Gasteiger partial charge in [-0.1, -0.05) is 36.4 Å². The van der Waals surface area contributed by atoms with Crippen LogP contribution >= 0.6 is 12.2 Å². The lowest BCUT2D eigenvalue weighted by atomic mass is 10.1. The van der Waals surface area contributed by atoms with E-state index >= 15 is 0 Å². The van der Waals surface area contributed by atoms with Gasteiger partial charge in [-0.2, -0.15) is 0 Å². The number of anilines is 1. The molecule has 0 aromatic heterocycles. The van der Waals surface area contributed by atoms with E-state index in [0.717, 1.165) is 16.8 Å². The smallest absolute Gasteiger partial charge is 0.337 e. The van der Waals surface area contributed by atoms with Crippen LogP contribution in [0.1, 0.15) is 34.5 Å². The summed E-state index contributed by atoms with van der Waals surface area (Å²) in [5.74, 6) is -0.371. The van der Waals surface area contributed by atoms with Crippen LogP contribution in [0.5, 0.6) is 0 Å². The molecule has 5 heteroatoms. The van der Waals surface area contributed by atoms with Crippen molar-refractivity contribution in [2.75, 3.05) is 12.4 Å². The van der Waals surface area contributed by atoms with Crippen molar-refractivity contribution < 1.29 is 9.53 Å². The van der Waals surface area contributed by atoms with Crippen molar-refractivity contribution in [1.82, 2.24) is 5.32 Å². The lowest BCUT2D eigenvalue weighted by Crippen LogP contribution is -2.31. The molecule has 0 saturated carbocycles. The van der Waals surface area contributed by atoms with Crippen molar-refractivity contribution in [3.8, 4) is 0 Å². The zero-order valence-corrected chi connectivity index (χ0v) is 14.2. The van der Waals surface area contributed by atoms with Gasteiger partial charge in [0.15, 0.2) is 5.11 Å². The summed E-state index contributed by atoms with van der Waals surface area (Å²) in [4.78, 5) is 11.6. The molecule has 0 saturated heterocycles. The summed E-state index contributed by atoms with van der Waals surface area (Å²) in [6.07, 6.45) is 0. The number of methoxy groups -OCH3 is 1. The van der Waals surface area contributed by atoms with Gasteiger partial charge >= 0.3 is 5.97 Å². The quantitative estimate of drug-likeness (QED) is 0.660. The van der Waals surface area contributed by atoms with Crippen LogP contribution in [0.2, 0.25) is 0 Å². The molecule has 0 unspecified atom stereocenters. The minimum atomic E-state index is -0.371. The summed E-state index contributed by atoms with van der Waals surface area (Å²) < 4.78 is 4.74. The van der Waals surface area contributed by atoms with E-state index in [1.807, 2.05) is 50.2 Å². The summed E-state index contributed by atoms with van der Waals surface area (Å²) in [5.41, 5.74) is 3.41. The van der Waals surface area contributed by atoms with Crippen molar-refractivity contribution in [1.29, 1.82) is 0 Å². The van der Waals surface area contributed by atoms with Gasteiger partial charge in [-0.3, -0.25) is 0 Å². The zero-order chi connectivity index (χ0) is 16.8. The van der Waals surface area contributed by atoms with Gasteiger partial charge in [-0.25, -0.2) is 4.79 Å². The first-order valence-electron chi connectivity index (χ1n) is 7.32. The number of esters is 1. The van der Waals surface area contributed by atoms with Gasteiger partial charge in [0.1, 0.15) is 0 Å². The number of carbonyl (C=O) groups is 1. The highest BCUT2D eigenvalue weighted by Crippen LogP contribution is 2.18. The van der Waals surface area contributed by atoms with Crippen LogP contribution in [0, 0.1) is 6.92 Å². The monoisotopic (exact) mass is 328 g/mol. The second-order valence-corrected chi connectivity index (χ2v) is 5.66. The molecule has 0 bridgehead atoms. The maximum Gasteiger partial charge on any atom is 0.337 e. The molecule has 23 heavy (non-hydrogen) atoms. The van der Waals surface area contributed by atoms with E-state index in [-0.39, 0.29) is 12.0 Å². The van der Waals surface area contributed by atoms with Crippen LogP contribution in [0.3, 0.4) is 0 Å². The highest BCUT2D eigenvalue weighted by atomic mass is 32.1. The molecule has 0 spiro atoms. The summed E-state index contributed by atoms with van der Waals surface area (Å²) in [5, 5.41) is 6.89. The van der Waals surface area contributed by atoms with E-state index in [9.17, 15) is 4.79 Å². The zero-order valence-electron chi connectivity index (χ0n) is 13.4. The summed E-state index contributed by atoms with van der Waals surface area (Å²) >= 11 is 5.37. The van der Waals surface area contributed by atoms with E-state index in [4.69, 9.17) is 17.0 Å². The van der Waals surface area contributed by atoms with E-state index in [1.165, 1.54) is 7.11 Å². The van der Waals surface area contributed by atoms with Gasteiger partial charge in [0, 0.05) is 5.69 Å². The number of nitrogens with one attached hydrogen (secondary N) is 2. The first kappa shape index (κ1) is 17.0. The molecule has 0 aliphatic heterocycles. The number of benzene rings is 2. The second kappa shape index (κ2) is 7.74. The fourth-order valence-corrected chi connectivity index (χ4v) is 2.47. The Hall–Kier alpha value is -2.40. The molecule has 2 aromatic carbocycles. The molecular formula is C18H20N2O2S. The van der Waals surface area contributed by atoms with Crippen LogP contribution in [-0.4, -0.2) is 18.2 Å². The third kappa shape index (κ3) is 4.53. The average Bonchev–Trinajstić information content (AvgIpc) is 2.56. The SMILES string of the molecule is COC(=O)c1ccc(C)c(NC(=S)N[C@H](C)c2ccccc2)c1. The van der Waals surface area contributed by atoms with Crippen LogP contribution in [-0.2, 0) is 4.74 Å². The topological polar surface area (TPSA) is 50.4 Å². The summed E-state index contributed by atoms with van der Waals surface area (Å²) in [7, 11) is 1.36. The molecule has 0 radical (unpaired) electrons. The molecule has 1 atom stereocenters. The fourth-order valence-electron chi connectivity index (χ4n) is 2.18. The second-order valence-electron chi connectivity index (χ2n) is 5.25. The minimum absolute atomic E-state index is 0.0836. The number of hydrogen-bond acceptors (Lipinski definition) is 3. The van der Waals surface area contributed by atoms with Crippen LogP contribution < -0.4 is 10.6 Å². The van der Waals surface area contributed by atoms with Crippen molar-refractivity contribution in [2.45, 2.75) is 19.9 Å². The third-order valence-electron chi connectivity index (χ3n) is 3.55. The Morgan fingerprint density at radius 3 is 2.52 bits per heavy atom. The predicted octanol–water partition coefficient (Wildman–Crippen LogP) is 3.83. The molecule has 0 fully saturated rings. The van der Waals surface area contributed by atoms with Crippen LogP contribution in [0.15, 0.2) is 48.5 Å². The average molecular weight is 328 g/mol. The van der Waals surface area contributed by atoms with Crippen LogP contribution in [0.4, 0.5) is 5.69 Å². The highest BCUT2D eigenvalue weighted by Gasteiger charge is 2.10. The number of rotatable bonds is 4. The maximum absolute atomic E-state index is 11.6. The molecule has 0 aliphatic rings. The largest absolute Gasteiger partial charge is 0.465 e. The van der Waals surface area contributed by atoms with Crippen molar-refractivity contribution in [2.24, 2.45) is 0 Å². The van der Waals surface area contributed by atoms with Crippen molar-refractivity contribution in [3.05, 3.63) is 65.2 Å². The molecule has 0 heterocycles. The van der Waals surface area contributed by atoms with E-state index in [0.29, 0.717) is 10.7 Å². The number of aryl methyl sites for hydroxylation is 1. The number of carbonyl (C=O) groups excluding carboxylic acids is 1. The first-order valence-corrected chi connectivity index (χ1v) is 7.73. The van der Waals surface area contributed by atoms with E-state index in [2.05, 4.69) is 10.6 Å². The number of thiocarbonyl (C=S) groups is 1. The Morgan fingerprint density at radius 1 is 1.17 bits per heavy atom. The predicted molar refractivity (Wildman–Crippen MR) is 96.7 cm³/mol. The molecule has 0 amide bonds. The van der Waals surface area contributed by atoms with Crippen molar-refractivity contribution >= 4 is 29.0 Å². The minimum Gasteiger partial charge on any atom is -0.465 e. The molecule has 120 valence electrons. The highest BCUT2D eigenvalue weighted by molar-refractivity contribution is 7.80. The lowest BCUT2D eigenvalue weighted by molar-refractivity contribution is 0.0601. The van der Waals surface area contributed by atoms with E-state index in [1.54, 1.807) is 12.1 Å². The third-order valence-corrected chi connectivity index (χ3v) is 3.77. The van der Waals surface area contributed by atoms with E-state index < -0.39 is 0 Å². The molecular weight excluding hydrogens is 308 g/mol. The van der Waals surface area contributed by atoms with Gasteiger partial charge < -0.3 is 15.4 Å². The Bertz CT molecular complexity index is 701. The Labute approximate surface area is 141 Å². The Kier molecular flexibility index (Phi) is 5.71. The van der Waals surface area contributed by atoms with Gasteiger partial charge in [0.25, 0.3) is 0 Å². The number of hydrogen-bond donors (Lipinski definition) is 2. The lowest BCUT2D eigenvalue weighted by Gasteiger charge is -2.18. The molecule has 2 N–H and O–H groups in total. The molecule has 2 aromatic rings. The Balaban J connectivity index is 2.06. The van der Waals surface area contributed by atoms with Crippen LogP contribution in [0.25, 0.3) is 0 Å². The fraction of sp³-hybridized carbons (Fsp3) is 0.222. The Morgan fingerprint density at radius 2 is 1.87 bits per heavy atom. The summed E-state index contributed by atoms with van der Waals surface area (Å²) in [6, 6.07) is 15.5. The van der Waals surface area contributed by atoms with Gasteiger partial charge in [0.05, 0.1) is 18.7 Å². The van der Waals surface area contributed by atoms with Crippen molar-refractivity contribution in [3.63, 3.8) is 0 Å². The van der Waals surface area contributed by atoms with Gasteiger partial charge in [-0.15, -0.1) is 0 Å². The maximum atomic E-state index is 11.6. The molecule has 2 rings (SSSR count). The normalized spacial score (nSPS) is 11.4.